The van der Waals surface area contributed by atoms with Gasteiger partial charge in [0.15, 0.2) is 16.4 Å². The second-order valence-electron chi connectivity index (χ2n) is 7.16. The fourth-order valence-corrected chi connectivity index (χ4v) is 4.49. The van der Waals surface area contributed by atoms with Gasteiger partial charge >= 0.3 is 0 Å². The van der Waals surface area contributed by atoms with Gasteiger partial charge in [0.1, 0.15) is 5.82 Å². The number of benzene rings is 3. The number of hydrogen-bond donors (Lipinski definition) is 0. The molecule has 0 N–H and O–H groups in total. The molecular weight excluding hydrogens is 446 g/mol. The molecule has 168 valence electrons. The van der Waals surface area contributed by atoms with E-state index in [9.17, 15) is 18.4 Å². The second kappa shape index (κ2) is 9.97. The molecule has 3 aromatic carbocycles. The molecule has 0 atom stereocenters. The van der Waals surface area contributed by atoms with Crippen LogP contribution in [0.2, 0.25) is 0 Å². The first kappa shape index (κ1) is 22.7. The first-order valence-electron chi connectivity index (χ1n) is 10.3. The Labute approximate surface area is 192 Å². The maximum Gasteiger partial charge on any atom is 0.279 e. The van der Waals surface area contributed by atoms with Crippen LogP contribution in [0.4, 0.5) is 8.78 Å². The highest BCUT2D eigenvalue weighted by atomic mass is 32.1. The summed E-state index contributed by atoms with van der Waals surface area (Å²) in [5.41, 5.74) is 1.46. The molecule has 0 bridgehead atoms. The Balaban J connectivity index is 1.67. The number of amides is 1. The molecule has 1 heterocycles. The van der Waals surface area contributed by atoms with Gasteiger partial charge in [-0.2, -0.15) is 4.99 Å². The Hall–Kier alpha value is -3.49. The van der Waals surface area contributed by atoms with E-state index < -0.39 is 17.5 Å². The van der Waals surface area contributed by atoms with Crippen molar-refractivity contribution in [2.24, 2.45) is 4.99 Å². The number of aromatic nitrogens is 1. The van der Waals surface area contributed by atoms with Crippen molar-refractivity contribution in [1.82, 2.24) is 4.57 Å². The minimum absolute atomic E-state index is 0.151. The Morgan fingerprint density at radius 3 is 2.33 bits per heavy atom. The van der Waals surface area contributed by atoms with Crippen LogP contribution >= 0.6 is 11.3 Å². The number of carbonyl (C=O) groups excluding carboxylic acids is 2. The van der Waals surface area contributed by atoms with Crippen LogP contribution in [0.5, 0.6) is 0 Å². The van der Waals surface area contributed by atoms with Crippen molar-refractivity contribution >= 4 is 33.2 Å². The summed E-state index contributed by atoms with van der Waals surface area (Å²) in [4.78, 5) is 29.8. The van der Waals surface area contributed by atoms with Gasteiger partial charge in [-0.15, -0.1) is 0 Å². The van der Waals surface area contributed by atoms with Gasteiger partial charge < -0.3 is 9.30 Å². The maximum absolute atomic E-state index is 14.5. The molecule has 0 unspecified atom stereocenters. The molecule has 8 heteroatoms. The van der Waals surface area contributed by atoms with Crippen LogP contribution < -0.4 is 4.80 Å². The van der Waals surface area contributed by atoms with Gasteiger partial charge in [0.05, 0.1) is 16.8 Å². The summed E-state index contributed by atoms with van der Waals surface area (Å²) < 4.78 is 35.4. The molecule has 0 aliphatic heterocycles. The molecule has 0 aliphatic rings. The highest BCUT2D eigenvalue weighted by Gasteiger charge is 2.15. The van der Waals surface area contributed by atoms with Gasteiger partial charge in [-0.05, 0) is 25.1 Å². The summed E-state index contributed by atoms with van der Waals surface area (Å²) >= 11 is 1.02. The molecule has 33 heavy (non-hydrogen) atoms. The quantitative estimate of drug-likeness (QED) is 0.285. The van der Waals surface area contributed by atoms with Gasteiger partial charge in [-0.25, -0.2) is 8.78 Å². The molecule has 0 spiro atoms. The van der Waals surface area contributed by atoms with Crippen LogP contribution in [0.1, 0.15) is 33.2 Å². The largest absolute Gasteiger partial charge is 0.380 e. The fourth-order valence-electron chi connectivity index (χ4n) is 3.39. The van der Waals surface area contributed by atoms with Crippen LogP contribution in [0.25, 0.3) is 10.2 Å². The Morgan fingerprint density at radius 2 is 1.64 bits per heavy atom. The van der Waals surface area contributed by atoms with E-state index in [2.05, 4.69) is 4.99 Å². The molecule has 0 fully saturated rings. The first-order valence-corrected chi connectivity index (χ1v) is 11.1. The number of hydrogen-bond acceptors (Lipinski definition) is 4. The van der Waals surface area contributed by atoms with E-state index in [0.717, 1.165) is 17.4 Å². The van der Waals surface area contributed by atoms with E-state index in [1.165, 1.54) is 22.8 Å². The zero-order valence-corrected chi connectivity index (χ0v) is 18.6. The maximum atomic E-state index is 14.5. The van der Waals surface area contributed by atoms with E-state index in [0.29, 0.717) is 22.4 Å². The standard InChI is InChI=1S/C25H20F2N2O3S/c1-2-32-13-12-29-22-20(27)14-19(26)15-21(22)33-25(29)28-24(31)18-10-8-17(9-11-18)23(30)16-6-4-3-5-7-16/h3-11,14-15H,2,12-13H2,1H3. The van der Waals surface area contributed by atoms with Crippen molar-refractivity contribution in [1.29, 1.82) is 0 Å². The van der Waals surface area contributed by atoms with Crippen molar-refractivity contribution < 1.29 is 23.1 Å². The molecule has 0 saturated carbocycles. The SMILES string of the molecule is CCOCCn1c(=NC(=O)c2ccc(C(=O)c3ccccc3)cc2)sc2cc(F)cc(F)c21. The highest BCUT2D eigenvalue weighted by molar-refractivity contribution is 7.16. The number of fused-ring (bicyclic) bond motifs is 1. The zero-order chi connectivity index (χ0) is 23.4. The smallest absolute Gasteiger partial charge is 0.279 e. The number of nitrogens with zero attached hydrogens (tertiary/aromatic N) is 2. The van der Waals surface area contributed by atoms with E-state index in [1.54, 1.807) is 36.4 Å². The number of rotatable bonds is 7. The molecular formula is C25H20F2N2O3S. The van der Waals surface area contributed by atoms with Crippen LogP contribution in [-0.2, 0) is 11.3 Å². The Bertz CT molecular complexity index is 1380. The minimum atomic E-state index is -0.726. The first-order chi connectivity index (χ1) is 16.0. The van der Waals surface area contributed by atoms with E-state index in [1.807, 2.05) is 13.0 Å². The number of halogens is 2. The fraction of sp³-hybridized carbons (Fsp3) is 0.160. The summed E-state index contributed by atoms with van der Waals surface area (Å²) in [6.07, 6.45) is 0. The highest BCUT2D eigenvalue weighted by Crippen LogP contribution is 2.22. The second-order valence-corrected chi connectivity index (χ2v) is 8.17. The third kappa shape index (κ3) is 4.97. The topological polar surface area (TPSA) is 60.7 Å². The number of ether oxygens (including phenoxy) is 1. The van der Waals surface area contributed by atoms with Crippen molar-refractivity contribution in [3.8, 4) is 0 Å². The van der Waals surface area contributed by atoms with Gasteiger partial charge in [0.25, 0.3) is 5.91 Å². The lowest BCUT2D eigenvalue weighted by Gasteiger charge is -2.06. The third-order valence-corrected chi connectivity index (χ3v) is 6.01. The minimum Gasteiger partial charge on any atom is -0.380 e. The summed E-state index contributed by atoms with van der Waals surface area (Å²) in [5.74, 6) is -2.13. The molecule has 4 aromatic rings. The summed E-state index contributed by atoms with van der Waals surface area (Å²) in [6.45, 7) is 2.87. The van der Waals surface area contributed by atoms with Crippen LogP contribution in [0, 0.1) is 11.6 Å². The number of ketones is 1. The van der Waals surface area contributed by atoms with Crippen LogP contribution in [0.3, 0.4) is 0 Å². The molecule has 0 aliphatic carbocycles. The molecule has 4 rings (SSSR count). The Morgan fingerprint density at radius 1 is 0.970 bits per heavy atom. The molecule has 1 amide bonds. The molecule has 0 radical (unpaired) electrons. The third-order valence-electron chi connectivity index (χ3n) is 4.99. The zero-order valence-electron chi connectivity index (χ0n) is 17.8. The average molecular weight is 467 g/mol. The Kier molecular flexibility index (Phi) is 6.86. The van der Waals surface area contributed by atoms with Gasteiger partial charge in [0, 0.05) is 35.9 Å². The lowest BCUT2D eigenvalue weighted by molar-refractivity contribution is 0.0993. The van der Waals surface area contributed by atoms with Gasteiger partial charge in [0.2, 0.25) is 0 Å². The van der Waals surface area contributed by atoms with Crippen molar-refractivity contribution in [3.05, 3.63) is 99.9 Å². The van der Waals surface area contributed by atoms with Crippen LogP contribution in [0.15, 0.2) is 71.7 Å². The van der Waals surface area contributed by atoms with E-state index >= 15 is 0 Å². The normalized spacial score (nSPS) is 11.8. The summed E-state index contributed by atoms with van der Waals surface area (Å²) in [6, 6.07) is 17.1. The van der Waals surface area contributed by atoms with E-state index in [4.69, 9.17) is 4.74 Å². The average Bonchev–Trinajstić information content (AvgIpc) is 3.16. The predicted molar refractivity (Wildman–Crippen MR) is 122 cm³/mol. The molecule has 1 aromatic heterocycles. The monoisotopic (exact) mass is 466 g/mol. The molecule has 0 saturated heterocycles. The summed E-state index contributed by atoms with van der Waals surface area (Å²) in [7, 11) is 0. The predicted octanol–water partition coefficient (Wildman–Crippen LogP) is 4.99. The van der Waals surface area contributed by atoms with Crippen molar-refractivity contribution in [3.63, 3.8) is 0 Å². The lowest BCUT2D eigenvalue weighted by Crippen LogP contribution is -2.20. The van der Waals surface area contributed by atoms with Crippen molar-refractivity contribution in [2.45, 2.75) is 13.5 Å². The summed E-state index contributed by atoms with van der Waals surface area (Å²) in [5, 5.41) is 0. The van der Waals surface area contributed by atoms with E-state index in [-0.39, 0.29) is 34.8 Å². The number of carbonyl (C=O) groups is 2. The molecule has 5 nitrogen and oxygen atoms in total. The van der Waals surface area contributed by atoms with Gasteiger partial charge in [-0.3, -0.25) is 9.59 Å². The van der Waals surface area contributed by atoms with Crippen LogP contribution in [-0.4, -0.2) is 29.5 Å². The number of thiazole rings is 1. The lowest BCUT2D eigenvalue weighted by atomic mass is 10.0. The van der Waals surface area contributed by atoms with Crippen molar-refractivity contribution in [2.75, 3.05) is 13.2 Å². The van der Waals surface area contributed by atoms with Gasteiger partial charge in [-0.1, -0.05) is 53.8 Å².